The van der Waals surface area contributed by atoms with Crippen LogP contribution in [0.1, 0.15) is 70.4 Å². The quantitative estimate of drug-likeness (QED) is 0.131. The van der Waals surface area contributed by atoms with Crippen LogP contribution in [0.3, 0.4) is 0 Å². The fraction of sp³-hybridized carbons (Fsp3) is 0.378. The highest BCUT2D eigenvalue weighted by molar-refractivity contribution is 6.07. The first-order chi connectivity index (χ1) is 19.2. The van der Waals surface area contributed by atoms with Gasteiger partial charge >= 0.3 is 0 Å². The molecule has 0 saturated carbocycles. The Morgan fingerprint density at radius 3 is 1.90 bits per heavy atom. The Kier molecular flexibility index (Phi) is 9.81. The van der Waals surface area contributed by atoms with Crippen LogP contribution in [0.5, 0.6) is 0 Å². The van der Waals surface area contributed by atoms with Crippen molar-refractivity contribution in [3.05, 3.63) is 118 Å². The number of rotatable bonds is 12. The van der Waals surface area contributed by atoms with Gasteiger partial charge in [-0.15, -0.1) is 0 Å². The molecule has 0 aliphatic rings. The number of fused-ring (bicyclic) bond motifs is 1. The average Bonchev–Trinajstić information content (AvgIpc) is 2.92. The third-order valence-electron chi connectivity index (χ3n) is 8.41. The van der Waals surface area contributed by atoms with Crippen molar-refractivity contribution in [1.29, 1.82) is 0 Å². The fourth-order valence-electron chi connectivity index (χ4n) is 6.36. The van der Waals surface area contributed by atoms with Crippen LogP contribution in [0.4, 0.5) is 0 Å². The van der Waals surface area contributed by atoms with Gasteiger partial charge in [0.15, 0.2) is 0 Å². The fourth-order valence-corrected chi connectivity index (χ4v) is 6.36. The van der Waals surface area contributed by atoms with Crippen LogP contribution in [0.25, 0.3) is 10.8 Å². The van der Waals surface area contributed by atoms with E-state index in [-0.39, 0.29) is 5.91 Å². The Labute approximate surface area is 242 Å². The van der Waals surface area contributed by atoms with Gasteiger partial charge in [0, 0.05) is 24.2 Å². The number of carbonyl (C=O) groups excluding carboxylic acids is 1. The Bertz CT molecular complexity index is 1400. The molecule has 4 aromatic carbocycles. The van der Waals surface area contributed by atoms with Crippen molar-refractivity contribution in [3.8, 4) is 0 Å². The lowest BCUT2D eigenvalue weighted by Gasteiger charge is -2.37. The SMILES string of the molecule is CC[N+](CC)(CCCCN(Cc1cc(C)cc(C)c1)C(=O)c1cccc2ccccc12)Cc1cc(C)cc(C)c1. The summed E-state index contributed by atoms with van der Waals surface area (Å²) in [6.07, 6.45) is 2.09. The Balaban J connectivity index is 1.51. The average molecular weight is 536 g/mol. The minimum atomic E-state index is 0.123. The predicted octanol–water partition coefficient (Wildman–Crippen LogP) is 8.55. The number of benzene rings is 4. The molecule has 0 aliphatic carbocycles. The van der Waals surface area contributed by atoms with Crippen LogP contribution in [0.15, 0.2) is 78.9 Å². The van der Waals surface area contributed by atoms with Crippen LogP contribution in [0, 0.1) is 27.7 Å². The van der Waals surface area contributed by atoms with E-state index in [1.165, 1.54) is 33.4 Å². The van der Waals surface area contributed by atoms with Gasteiger partial charge in [0.25, 0.3) is 5.91 Å². The second-order valence-electron chi connectivity index (χ2n) is 11.8. The first-order valence-electron chi connectivity index (χ1n) is 15.0. The maximum absolute atomic E-state index is 14.1. The summed E-state index contributed by atoms with van der Waals surface area (Å²) < 4.78 is 1.08. The maximum Gasteiger partial charge on any atom is 0.254 e. The van der Waals surface area contributed by atoms with Gasteiger partial charge in [-0.05, 0) is 76.8 Å². The van der Waals surface area contributed by atoms with E-state index in [0.29, 0.717) is 6.54 Å². The van der Waals surface area contributed by atoms with Gasteiger partial charge in [-0.2, -0.15) is 0 Å². The maximum atomic E-state index is 14.1. The van der Waals surface area contributed by atoms with Crippen molar-refractivity contribution >= 4 is 16.7 Å². The van der Waals surface area contributed by atoms with Crippen LogP contribution >= 0.6 is 0 Å². The molecule has 0 aromatic heterocycles. The molecule has 0 heterocycles. The van der Waals surface area contributed by atoms with Gasteiger partial charge < -0.3 is 9.38 Å². The molecule has 0 N–H and O–H groups in total. The molecule has 4 aromatic rings. The molecular formula is C37H47N2O+. The van der Waals surface area contributed by atoms with Gasteiger partial charge in [-0.3, -0.25) is 4.79 Å². The number of amides is 1. The Hall–Kier alpha value is -3.43. The summed E-state index contributed by atoms with van der Waals surface area (Å²) in [5, 5.41) is 2.14. The lowest BCUT2D eigenvalue weighted by molar-refractivity contribution is -0.938. The molecule has 4 rings (SSSR count). The molecule has 210 valence electrons. The van der Waals surface area contributed by atoms with Crippen molar-refractivity contribution in [2.75, 3.05) is 26.2 Å². The third-order valence-corrected chi connectivity index (χ3v) is 8.41. The molecule has 0 aliphatic heterocycles. The number of aryl methyl sites for hydroxylation is 4. The molecule has 0 saturated heterocycles. The zero-order chi connectivity index (χ0) is 28.7. The monoisotopic (exact) mass is 535 g/mol. The zero-order valence-electron chi connectivity index (χ0n) is 25.5. The second-order valence-corrected chi connectivity index (χ2v) is 11.8. The molecule has 0 fully saturated rings. The van der Waals surface area contributed by atoms with E-state index in [4.69, 9.17) is 0 Å². The third kappa shape index (κ3) is 7.40. The molecule has 0 radical (unpaired) electrons. The molecule has 0 spiro atoms. The summed E-state index contributed by atoms with van der Waals surface area (Å²) in [7, 11) is 0. The molecule has 3 heteroatoms. The van der Waals surface area contributed by atoms with E-state index in [2.05, 4.69) is 101 Å². The van der Waals surface area contributed by atoms with Gasteiger partial charge in [0.1, 0.15) is 6.54 Å². The van der Waals surface area contributed by atoms with Crippen LogP contribution in [-0.4, -0.2) is 41.5 Å². The standard InChI is InChI=1S/C37H47N2O/c1-7-39(8-2,27-33-24-30(5)21-31(6)25-33)19-12-11-18-38(26-32-22-28(3)20-29(4)23-32)37(40)36-17-13-15-34-14-9-10-16-35(34)36/h9-10,13-17,20-25H,7-8,11-12,18-19,26-27H2,1-6H3/q+1. The summed E-state index contributed by atoms with van der Waals surface area (Å²) in [6, 6.07) is 27.9. The van der Waals surface area contributed by atoms with E-state index in [1.807, 2.05) is 24.3 Å². The lowest BCUT2D eigenvalue weighted by atomic mass is 10.0. The van der Waals surface area contributed by atoms with Crippen molar-refractivity contribution in [2.24, 2.45) is 0 Å². The molecule has 40 heavy (non-hydrogen) atoms. The Morgan fingerprint density at radius 1 is 0.700 bits per heavy atom. The predicted molar refractivity (Wildman–Crippen MR) is 170 cm³/mol. The highest BCUT2D eigenvalue weighted by Gasteiger charge is 2.24. The lowest BCUT2D eigenvalue weighted by Crippen LogP contribution is -2.47. The van der Waals surface area contributed by atoms with Gasteiger partial charge in [0.2, 0.25) is 0 Å². The number of carbonyl (C=O) groups is 1. The number of hydrogen-bond donors (Lipinski definition) is 0. The second kappa shape index (κ2) is 13.3. The van der Waals surface area contributed by atoms with E-state index in [1.54, 1.807) is 0 Å². The highest BCUT2D eigenvalue weighted by atomic mass is 16.2. The summed E-state index contributed by atoms with van der Waals surface area (Å²) in [6.45, 7) is 19.1. The van der Waals surface area contributed by atoms with E-state index in [9.17, 15) is 4.79 Å². The normalized spacial score (nSPS) is 11.7. The topological polar surface area (TPSA) is 20.3 Å². The van der Waals surface area contributed by atoms with Gasteiger partial charge in [-0.1, -0.05) is 95.1 Å². The summed E-state index contributed by atoms with van der Waals surface area (Å²) in [4.78, 5) is 16.1. The van der Waals surface area contributed by atoms with Crippen molar-refractivity contribution in [1.82, 2.24) is 4.90 Å². The van der Waals surface area contributed by atoms with E-state index < -0.39 is 0 Å². The minimum Gasteiger partial charge on any atom is -0.334 e. The van der Waals surface area contributed by atoms with Gasteiger partial charge in [-0.25, -0.2) is 0 Å². The summed E-state index contributed by atoms with van der Waals surface area (Å²) in [5.41, 5.74) is 8.60. The van der Waals surface area contributed by atoms with Crippen LogP contribution < -0.4 is 0 Å². The zero-order valence-corrected chi connectivity index (χ0v) is 25.5. The highest BCUT2D eigenvalue weighted by Crippen LogP contribution is 2.23. The van der Waals surface area contributed by atoms with Crippen molar-refractivity contribution < 1.29 is 9.28 Å². The molecule has 1 amide bonds. The first-order valence-corrected chi connectivity index (χ1v) is 15.0. The van der Waals surface area contributed by atoms with E-state index >= 15 is 0 Å². The Morgan fingerprint density at radius 2 is 1.27 bits per heavy atom. The molecular weight excluding hydrogens is 488 g/mol. The number of unbranched alkanes of at least 4 members (excludes halogenated alkanes) is 1. The van der Waals surface area contributed by atoms with Gasteiger partial charge in [0.05, 0.1) is 19.6 Å². The largest absolute Gasteiger partial charge is 0.334 e. The van der Waals surface area contributed by atoms with E-state index in [0.717, 1.165) is 66.4 Å². The minimum absolute atomic E-state index is 0.123. The van der Waals surface area contributed by atoms with Crippen molar-refractivity contribution in [3.63, 3.8) is 0 Å². The number of quaternary nitrogens is 1. The summed E-state index contributed by atoms with van der Waals surface area (Å²) in [5.74, 6) is 0.123. The first kappa shape index (κ1) is 29.6. The van der Waals surface area contributed by atoms with Crippen LogP contribution in [0.2, 0.25) is 0 Å². The molecule has 0 unspecified atom stereocenters. The van der Waals surface area contributed by atoms with Crippen molar-refractivity contribution in [2.45, 2.75) is 67.5 Å². The number of nitrogens with zero attached hydrogens (tertiary/aromatic N) is 2. The molecule has 0 atom stereocenters. The summed E-state index contributed by atoms with van der Waals surface area (Å²) >= 11 is 0. The number of hydrogen-bond acceptors (Lipinski definition) is 1. The molecule has 0 bridgehead atoms. The smallest absolute Gasteiger partial charge is 0.254 e. The van der Waals surface area contributed by atoms with Crippen LogP contribution in [-0.2, 0) is 13.1 Å². The molecule has 3 nitrogen and oxygen atoms in total.